The number of rotatable bonds is 6. The van der Waals surface area contributed by atoms with Crippen LogP contribution in [0.1, 0.15) is 10.9 Å². The number of thioether (sulfide) groups is 1. The third-order valence-electron chi connectivity index (χ3n) is 2.43. The molecule has 1 atom stereocenters. The van der Waals surface area contributed by atoms with Crippen molar-refractivity contribution in [3.05, 3.63) is 24.0 Å². The highest BCUT2D eigenvalue weighted by Gasteiger charge is 2.15. The Morgan fingerprint density at radius 1 is 1.70 bits per heavy atom. The Labute approximate surface area is 122 Å². The molecular weight excluding hydrogens is 276 g/mol. The lowest BCUT2D eigenvalue weighted by atomic mass is 10.2. The van der Waals surface area contributed by atoms with E-state index >= 15 is 0 Å². The lowest BCUT2D eigenvalue weighted by Crippen LogP contribution is -2.37. The van der Waals surface area contributed by atoms with Crippen LogP contribution in [0.2, 0.25) is 0 Å². The van der Waals surface area contributed by atoms with Crippen LogP contribution >= 0.6 is 11.8 Å². The number of nitrogens with one attached hydrogen (secondary N) is 2. The highest BCUT2D eigenvalue weighted by atomic mass is 32.2. The van der Waals surface area contributed by atoms with Crippen LogP contribution in [0.5, 0.6) is 5.75 Å². The Bertz CT molecular complexity index is 487. The molecule has 5 N–H and O–H groups in total. The number of hydrogen-bond acceptors (Lipinski definition) is 6. The second-order valence-corrected chi connectivity index (χ2v) is 4.81. The number of nitrogens with two attached hydrogens (primary N) is 1. The summed E-state index contributed by atoms with van der Waals surface area (Å²) in [5, 5.41) is 23.7. The zero-order valence-electron chi connectivity index (χ0n) is 11.2. The van der Waals surface area contributed by atoms with E-state index in [4.69, 9.17) is 11.0 Å². The number of pyridine rings is 1. The number of aliphatic imine (C=N–C) groups is 1. The molecule has 1 unspecified atom stereocenters. The van der Waals surface area contributed by atoms with Crippen molar-refractivity contribution in [3.63, 3.8) is 0 Å². The van der Waals surface area contributed by atoms with Gasteiger partial charge in [-0.25, -0.2) is 0 Å². The van der Waals surface area contributed by atoms with Gasteiger partial charge in [-0.05, 0) is 18.4 Å². The Morgan fingerprint density at radius 2 is 2.50 bits per heavy atom. The normalized spacial score (nSPS) is 12.6. The Kier molecular flexibility index (Phi) is 7.24. The molecule has 108 valence electrons. The first kappa shape index (κ1) is 16.1. The lowest BCUT2D eigenvalue weighted by molar-refractivity contribution is 0.463. The molecule has 7 nitrogen and oxygen atoms in total. The highest BCUT2D eigenvalue weighted by Crippen LogP contribution is 2.30. The fraction of sp³-hybridized carbons (Fsp3) is 0.417. The predicted octanol–water partition coefficient (Wildman–Crippen LogP) is 0.166. The van der Waals surface area contributed by atoms with Crippen molar-refractivity contribution in [1.82, 2.24) is 15.6 Å². The smallest absolute Gasteiger partial charge is 0.204 e. The van der Waals surface area contributed by atoms with Gasteiger partial charge in [-0.15, -0.1) is 0 Å². The first-order valence-electron chi connectivity index (χ1n) is 6.03. The second-order valence-electron chi connectivity index (χ2n) is 3.77. The highest BCUT2D eigenvalue weighted by molar-refractivity contribution is 7.98. The Morgan fingerprint density at radius 3 is 3.10 bits per heavy atom. The number of hydrogen-bond donors (Lipinski definition) is 4. The average Bonchev–Trinajstić information content (AvgIpc) is 2.46. The van der Waals surface area contributed by atoms with Crippen LogP contribution in [-0.4, -0.2) is 41.9 Å². The minimum Gasteiger partial charge on any atom is -0.506 e. The molecular formula is C12H18N6OS. The van der Waals surface area contributed by atoms with Gasteiger partial charge < -0.3 is 16.2 Å². The van der Waals surface area contributed by atoms with Crippen LogP contribution in [0.25, 0.3) is 0 Å². The molecule has 0 aliphatic rings. The molecule has 0 aromatic carbocycles. The van der Waals surface area contributed by atoms with Crippen LogP contribution in [-0.2, 0) is 0 Å². The van der Waals surface area contributed by atoms with Gasteiger partial charge in [0.25, 0.3) is 0 Å². The number of nitriles is 1. The van der Waals surface area contributed by atoms with E-state index in [0.29, 0.717) is 31.3 Å². The van der Waals surface area contributed by atoms with E-state index in [1.54, 1.807) is 18.3 Å². The van der Waals surface area contributed by atoms with Crippen molar-refractivity contribution in [2.24, 2.45) is 10.7 Å². The van der Waals surface area contributed by atoms with E-state index in [1.807, 2.05) is 12.4 Å². The molecule has 0 saturated heterocycles. The molecule has 0 fully saturated rings. The molecule has 1 aromatic rings. The number of nitrogens with zero attached hydrogens (tertiary/aromatic N) is 3. The number of aromatic hydroxyl groups is 1. The maximum absolute atomic E-state index is 9.80. The van der Waals surface area contributed by atoms with E-state index in [1.165, 1.54) is 11.8 Å². The molecule has 0 aliphatic heterocycles. The van der Waals surface area contributed by atoms with Gasteiger partial charge in [-0.3, -0.25) is 15.3 Å². The van der Waals surface area contributed by atoms with Gasteiger partial charge in [0, 0.05) is 19.3 Å². The molecule has 0 saturated carbocycles. The summed E-state index contributed by atoms with van der Waals surface area (Å²) in [6, 6.07) is 3.27. The largest absolute Gasteiger partial charge is 0.506 e. The fourth-order valence-corrected chi connectivity index (χ4v) is 2.12. The van der Waals surface area contributed by atoms with Gasteiger partial charge in [0.1, 0.15) is 5.75 Å². The van der Waals surface area contributed by atoms with E-state index in [0.717, 1.165) is 0 Å². The predicted molar refractivity (Wildman–Crippen MR) is 80.3 cm³/mol. The van der Waals surface area contributed by atoms with Gasteiger partial charge in [0.05, 0.1) is 17.5 Å². The second kappa shape index (κ2) is 9.01. The third kappa shape index (κ3) is 4.95. The molecule has 0 radical (unpaired) electrons. The zero-order valence-corrected chi connectivity index (χ0v) is 12.0. The van der Waals surface area contributed by atoms with Crippen molar-refractivity contribution in [2.45, 2.75) is 5.25 Å². The summed E-state index contributed by atoms with van der Waals surface area (Å²) >= 11 is 1.53. The van der Waals surface area contributed by atoms with Crippen LogP contribution in [0, 0.1) is 11.5 Å². The zero-order chi connectivity index (χ0) is 14.8. The van der Waals surface area contributed by atoms with Crippen LogP contribution in [0.3, 0.4) is 0 Å². The molecule has 1 heterocycles. The maximum atomic E-state index is 9.80. The van der Waals surface area contributed by atoms with Crippen molar-refractivity contribution < 1.29 is 5.11 Å². The number of guanidine groups is 1. The third-order valence-corrected chi connectivity index (χ3v) is 3.37. The van der Waals surface area contributed by atoms with Gasteiger partial charge in [0.15, 0.2) is 6.19 Å². The standard InChI is InChI=1S/C12H18N6OS/c1-20-10(11-9(19)3-2-5-15-11)7-17-12(18-8-14)16-6-4-13/h2-3,5,10,19H,4,6-7,13H2,1H3,(H2,16,17,18). The average molecular weight is 294 g/mol. The molecule has 0 bridgehead atoms. The summed E-state index contributed by atoms with van der Waals surface area (Å²) in [6.07, 6.45) is 5.36. The summed E-state index contributed by atoms with van der Waals surface area (Å²) in [6.45, 7) is 1.35. The summed E-state index contributed by atoms with van der Waals surface area (Å²) in [5.74, 6) is 0.513. The van der Waals surface area contributed by atoms with Crippen molar-refractivity contribution >= 4 is 17.7 Å². The molecule has 8 heteroatoms. The summed E-state index contributed by atoms with van der Waals surface area (Å²) < 4.78 is 0. The first-order chi connectivity index (χ1) is 9.72. The van der Waals surface area contributed by atoms with Gasteiger partial charge in [0.2, 0.25) is 5.96 Å². The van der Waals surface area contributed by atoms with Gasteiger partial charge in [-0.1, -0.05) is 0 Å². The van der Waals surface area contributed by atoms with E-state index in [9.17, 15) is 5.11 Å². The molecule has 20 heavy (non-hydrogen) atoms. The topological polar surface area (TPSA) is 119 Å². The Balaban J connectivity index is 2.76. The van der Waals surface area contributed by atoms with Crippen molar-refractivity contribution in [2.75, 3.05) is 25.9 Å². The van der Waals surface area contributed by atoms with Crippen LogP contribution < -0.4 is 16.4 Å². The molecule has 0 aliphatic carbocycles. The molecule has 0 amide bonds. The summed E-state index contributed by atoms with van der Waals surface area (Å²) in [7, 11) is 0. The summed E-state index contributed by atoms with van der Waals surface area (Å²) in [4.78, 5) is 8.45. The van der Waals surface area contributed by atoms with Crippen molar-refractivity contribution in [3.8, 4) is 11.9 Å². The van der Waals surface area contributed by atoms with Gasteiger partial charge in [-0.2, -0.15) is 17.0 Å². The minimum absolute atomic E-state index is 0.0913. The van der Waals surface area contributed by atoms with E-state index < -0.39 is 0 Å². The van der Waals surface area contributed by atoms with Gasteiger partial charge >= 0.3 is 0 Å². The Hall–Kier alpha value is -1.98. The monoisotopic (exact) mass is 294 g/mol. The SMILES string of the molecule is CSC(CN=C(NC#N)NCCN)c1ncccc1O. The summed E-state index contributed by atoms with van der Waals surface area (Å²) in [5.41, 5.74) is 5.97. The number of aromatic nitrogens is 1. The quantitative estimate of drug-likeness (QED) is 0.255. The molecule has 1 rings (SSSR count). The van der Waals surface area contributed by atoms with Crippen LogP contribution in [0.15, 0.2) is 23.3 Å². The van der Waals surface area contributed by atoms with E-state index in [2.05, 4.69) is 20.6 Å². The fourth-order valence-electron chi connectivity index (χ4n) is 1.49. The van der Waals surface area contributed by atoms with Crippen molar-refractivity contribution in [1.29, 1.82) is 5.26 Å². The lowest BCUT2D eigenvalue weighted by Gasteiger charge is -2.14. The molecule has 1 aromatic heterocycles. The molecule has 0 spiro atoms. The van der Waals surface area contributed by atoms with Crippen LogP contribution in [0.4, 0.5) is 0 Å². The first-order valence-corrected chi connectivity index (χ1v) is 7.31. The maximum Gasteiger partial charge on any atom is 0.204 e. The minimum atomic E-state index is -0.0913. The van der Waals surface area contributed by atoms with E-state index in [-0.39, 0.29) is 11.0 Å².